The lowest BCUT2D eigenvalue weighted by Crippen LogP contribution is -1.98. The monoisotopic (exact) mass is 258 g/mol. The van der Waals surface area contributed by atoms with Gasteiger partial charge in [0.25, 0.3) is 0 Å². The maximum Gasteiger partial charge on any atom is 0.160 e. The summed E-state index contributed by atoms with van der Waals surface area (Å²) < 4.78 is 2.13. The van der Waals surface area contributed by atoms with Crippen molar-refractivity contribution in [3.8, 4) is 10.7 Å². The summed E-state index contributed by atoms with van der Waals surface area (Å²) in [6.07, 6.45) is 1.80. The first-order valence-corrected chi connectivity index (χ1v) is 6.70. The van der Waals surface area contributed by atoms with Gasteiger partial charge in [-0.15, -0.1) is 11.3 Å². The van der Waals surface area contributed by atoms with Gasteiger partial charge in [-0.2, -0.15) is 0 Å². The summed E-state index contributed by atoms with van der Waals surface area (Å²) in [4.78, 5) is 10.2. The van der Waals surface area contributed by atoms with E-state index in [2.05, 4.69) is 28.4 Å². The van der Waals surface area contributed by atoms with Crippen molar-refractivity contribution in [2.45, 2.75) is 20.4 Å². The number of imidazole rings is 1. The number of aryl methyl sites for hydroxylation is 2. The fourth-order valence-electron chi connectivity index (χ4n) is 2.16. The Morgan fingerprint density at radius 1 is 1.44 bits per heavy atom. The molecule has 0 fully saturated rings. The summed E-state index contributed by atoms with van der Waals surface area (Å²) in [7, 11) is 0. The maximum atomic E-state index is 5.87. The summed E-state index contributed by atoms with van der Waals surface area (Å²) in [5.41, 5.74) is 8.90. The van der Waals surface area contributed by atoms with E-state index < -0.39 is 0 Å². The molecular weight excluding hydrogens is 244 g/mol. The SMILES string of the molecule is CCn1c(-c2sc(N)cc2C)nc2cccnc21. The van der Waals surface area contributed by atoms with Gasteiger partial charge in [-0.05, 0) is 37.6 Å². The van der Waals surface area contributed by atoms with Crippen LogP contribution < -0.4 is 5.73 Å². The maximum absolute atomic E-state index is 5.87. The van der Waals surface area contributed by atoms with Crippen molar-refractivity contribution in [2.24, 2.45) is 0 Å². The Hall–Kier alpha value is -1.88. The van der Waals surface area contributed by atoms with Gasteiger partial charge < -0.3 is 10.3 Å². The van der Waals surface area contributed by atoms with Gasteiger partial charge in [0.2, 0.25) is 0 Å². The first-order chi connectivity index (χ1) is 8.70. The largest absolute Gasteiger partial charge is 0.391 e. The van der Waals surface area contributed by atoms with Gasteiger partial charge in [0.1, 0.15) is 5.52 Å². The minimum atomic E-state index is 0.824. The first-order valence-electron chi connectivity index (χ1n) is 5.88. The van der Waals surface area contributed by atoms with E-state index in [1.165, 1.54) is 5.56 Å². The van der Waals surface area contributed by atoms with Crippen molar-refractivity contribution in [2.75, 3.05) is 5.73 Å². The molecule has 92 valence electrons. The van der Waals surface area contributed by atoms with Crippen molar-refractivity contribution < 1.29 is 0 Å². The highest BCUT2D eigenvalue weighted by Gasteiger charge is 2.15. The van der Waals surface area contributed by atoms with Gasteiger partial charge in [-0.3, -0.25) is 0 Å². The zero-order chi connectivity index (χ0) is 12.7. The zero-order valence-electron chi connectivity index (χ0n) is 10.3. The lowest BCUT2D eigenvalue weighted by Gasteiger charge is -2.04. The van der Waals surface area contributed by atoms with Crippen LogP contribution in [0.15, 0.2) is 24.4 Å². The molecule has 0 aliphatic heterocycles. The normalized spacial score (nSPS) is 11.2. The van der Waals surface area contributed by atoms with Crippen molar-refractivity contribution in [3.05, 3.63) is 30.0 Å². The van der Waals surface area contributed by atoms with Crippen LogP contribution in [0, 0.1) is 6.92 Å². The molecule has 0 radical (unpaired) electrons. The Balaban J connectivity index is 2.32. The summed E-state index contributed by atoms with van der Waals surface area (Å²) in [6.45, 7) is 5.01. The van der Waals surface area contributed by atoms with Crippen molar-refractivity contribution in [3.63, 3.8) is 0 Å². The average Bonchev–Trinajstić information content (AvgIpc) is 2.88. The van der Waals surface area contributed by atoms with E-state index in [1.54, 1.807) is 17.5 Å². The Bertz CT molecular complexity index is 711. The number of nitrogens with two attached hydrogens (primary N) is 1. The number of pyridine rings is 1. The number of anilines is 1. The molecule has 0 aliphatic rings. The number of nitrogens with zero attached hydrogens (tertiary/aromatic N) is 3. The minimum Gasteiger partial charge on any atom is -0.391 e. The predicted octanol–water partition coefficient (Wildman–Crippen LogP) is 3.07. The van der Waals surface area contributed by atoms with Gasteiger partial charge in [-0.25, -0.2) is 9.97 Å². The number of hydrogen-bond donors (Lipinski definition) is 1. The second-order valence-corrected chi connectivity index (χ2v) is 5.27. The topological polar surface area (TPSA) is 56.7 Å². The van der Waals surface area contributed by atoms with Crippen LogP contribution in [0.5, 0.6) is 0 Å². The zero-order valence-corrected chi connectivity index (χ0v) is 11.2. The molecule has 5 heteroatoms. The molecule has 0 saturated heterocycles. The molecule has 0 aliphatic carbocycles. The Morgan fingerprint density at radius 3 is 2.94 bits per heavy atom. The molecular formula is C13H14N4S. The van der Waals surface area contributed by atoms with Gasteiger partial charge in [-0.1, -0.05) is 0 Å². The van der Waals surface area contributed by atoms with Crippen LogP contribution >= 0.6 is 11.3 Å². The second-order valence-electron chi connectivity index (χ2n) is 4.19. The van der Waals surface area contributed by atoms with E-state index in [0.717, 1.165) is 33.4 Å². The molecule has 0 saturated carbocycles. The van der Waals surface area contributed by atoms with Crippen LogP contribution in [-0.4, -0.2) is 14.5 Å². The van der Waals surface area contributed by atoms with Crippen LogP contribution in [0.1, 0.15) is 12.5 Å². The second kappa shape index (κ2) is 4.10. The Morgan fingerprint density at radius 2 is 2.28 bits per heavy atom. The number of aromatic nitrogens is 3. The highest BCUT2D eigenvalue weighted by molar-refractivity contribution is 7.19. The summed E-state index contributed by atoms with van der Waals surface area (Å²) >= 11 is 1.58. The number of fused-ring (bicyclic) bond motifs is 1. The molecule has 0 bridgehead atoms. The predicted molar refractivity (Wildman–Crippen MR) is 75.7 cm³/mol. The molecule has 4 nitrogen and oxygen atoms in total. The molecule has 3 rings (SSSR count). The third kappa shape index (κ3) is 1.59. The molecule has 3 aromatic rings. The smallest absolute Gasteiger partial charge is 0.160 e. The van der Waals surface area contributed by atoms with Crippen LogP contribution in [-0.2, 0) is 6.54 Å². The molecule has 3 aromatic heterocycles. The molecule has 0 spiro atoms. The third-order valence-electron chi connectivity index (χ3n) is 2.96. The van der Waals surface area contributed by atoms with E-state index in [0.29, 0.717) is 0 Å². The lowest BCUT2D eigenvalue weighted by atomic mass is 10.3. The van der Waals surface area contributed by atoms with Crippen molar-refractivity contribution in [1.29, 1.82) is 0 Å². The highest BCUT2D eigenvalue weighted by atomic mass is 32.1. The number of thiophene rings is 1. The molecule has 0 aromatic carbocycles. The van der Waals surface area contributed by atoms with E-state index >= 15 is 0 Å². The van der Waals surface area contributed by atoms with E-state index in [-0.39, 0.29) is 0 Å². The van der Waals surface area contributed by atoms with E-state index in [1.807, 2.05) is 18.2 Å². The summed E-state index contributed by atoms with van der Waals surface area (Å²) in [6, 6.07) is 5.89. The van der Waals surface area contributed by atoms with Gasteiger partial charge in [0.05, 0.1) is 9.88 Å². The van der Waals surface area contributed by atoms with Gasteiger partial charge in [0.15, 0.2) is 11.5 Å². The molecule has 18 heavy (non-hydrogen) atoms. The molecule has 2 N–H and O–H groups in total. The average molecular weight is 258 g/mol. The molecule has 0 unspecified atom stereocenters. The molecule has 0 amide bonds. The van der Waals surface area contributed by atoms with E-state index in [9.17, 15) is 0 Å². The van der Waals surface area contributed by atoms with Crippen molar-refractivity contribution >= 4 is 27.5 Å². The Labute approximate surface area is 109 Å². The van der Waals surface area contributed by atoms with Crippen molar-refractivity contribution in [1.82, 2.24) is 14.5 Å². The summed E-state index contributed by atoms with van der Waals surface area (Å²) in [5.74, 6) is 0.963. The quantitative estimate of drug-likeness (QED) is 0.768. The fraction of sp³-hybridized carbons (Fsp3) is 0.231. The third-order valence-corrected chi connectivity index (χ3v) is 4.02. The minimum absolute atomic E-state index is 0.824. The highest BCUT2D eigenvalue weighted by Crippen LogP contribution is 2.34. The standard InChI is InChI=1S/C13H14N4S/c1-3-17-12-9(5-4-6-15-12)16-13(17)11-8(2)7-10(14)18-11/h4-7H,3,14H2,1-2H3. The summed E-state index contributed by atoms with van der Waals surface area (Å²) in [5, 5.41) is 0.824. The van der Waals surface area contributed by atoms with Crippen LogP contribution in [0.3, 0.4) is 0 Å². The van der Waals surface area contributed by atoms with E-state index in [4.69, 9.17) is 5.73 Å². The van der Waals surface area contributed by atoms with Crippen LogP contribution in [0.25, 0.3) is 21.9 Å². The number of rotatable bonds is 2. The fourth-order valence-corrected chi connectivity index (χ4v) is 3.10. The van der Waals surface area contributed by atoms with Gasteiger partial charge in [0, 0.05) is 12.7 Å². The molecule has 3 heterocycles. The lowest BCUT2D eigenvalue weighted by molar-refractivity contribution is 0.788. The van der Waals surface area contributed by atoms with Crippen LogP contribution in [0.4, 0.5) is 5.00 Å². The van der Waals surface area contributed by atoms with Gasteiger partial charge >= 0.3 is 0 Å². The first kappa shape index (κ1) is 11.2. The Kier molecular flexibility index (Phi) is 2.56. The number of hydrogen-bond acceptors (Lipinski definition) is 4. The molecule has 0 atom stereocenters. The number of nitrogen functional groups attached to an aromatic ring is 1. The van der Waals surface area contributed by atoms with Crippen LogP contribution in [0.2, 0.25) is 0 Å².